The fraction of sp³-hybridized carbons (Fsp3) is 0.778. The normalized spacial score (nSPS) is 32.3. The Morgan fingerprint density at radius 2 is 2.00 bits per heavy atom. The average Bonchev–Trinajstić information content (AvgIpc) is 3.33. The summed E-state index contributed by atoms with van der Waals surface area (Å²) in [6, 6.07) is 1.93. The molecule has 3 aliphatic heterocycles. The van der Waals surface area contributed by atoms with Crippen molar-refractivity contribution in [2.24, 2.45) is 5.41 Å². The Kier molecular flexibility index (Phi) is 3.90. The van der Waals surface area contributed by atoms with Crippen molar-refractivity contribution in [2.45, 2.75) is 44.2 Å². The van der Waals surface area contributed by atoms with E-state index in [9.17, 15) is 8.42 Å². The van der Waals surface area contributed by atoms with Crippen LogP contribution in [0.15, 0.2) is 12.3 Å². The van der Waals surface area contributed by atoms with E-state index in [4.69, 9.17) is 4.98 Å². The van der Waals surface area contributed by atoms with Gasteiger partial charge in [-0.3, -0.25) is 0 Å². The van der Waals surface area contributed by atoms with Gasteiger partial charge in [-0.2, -0.15) is 4.98 Å². The number of anilines is 2. The van der Waals surface area contributed by atoms with Gasteiger partial charge in [0.05, 0.1) is 17.5 Å². The molecule has 4 heterocycles. The number of piperazine rings is 1. The molecule has 1 spiro atoms. The number of hydrogen-bond donors (Lipinski definition) is 1. The molecule has 26 heavy (non-hydrogen) atoms. The Balaban J connectivity index is 1.38. The van der Waals surface area contributed by atoms with E-state index in [1.165, 1.54) is 32.1 Å². The molecule has 1 N–H and O–H groups in total. The lowest BCUT2D eigenvalue weighted by molar-refractivity contribution is 0.340. The van der Waals surface area contributed by atoms with Crippen molar-refractivity contribution < 1.29 is 8.42 Å². The Bertz CT molecular complexity index is 793. The van der Waals surface area contributed by atoms with Crippen LogP contribution in [0.1, 0.15) is 32.1 Å². The Morgan fingerprint density at radius 1 is 1.15 bits per heavy atom. The van der Waals surface area contributed by atoms with Crippen LogP contribution in [0.3, 0.4) is 0 Å². The van der Waals surface area contributed by atoms with Crippen molar-refractivity contribution >= 4 is 21.6 Å². The molecule has 8 heteroatoms. The molecule has 0 bridgehead atoms. The maximum Gasteiger partial charge on any atom is 0.227 e. The van der Waals surface area contributed by atoms with Gasteiger partial charge in [-0.1, -0.05) is 12.8 Å². The molecule has 4 aliphatic rings. The standard InChI is InChI=1S/C18H27N5O2S/c24-26(25)11-14-15(12-26)23(10-8-19-14)16-3-7-20-17(21-16)22-9-6-18(13-22)4-1-2-5-18/h3,7,14-15,19H,1-2,4-6,8-13H2/t14-,15+/m0/s1. The van der Waals surface area contributed by atoms with Crippen LogP contribution in [0, 0.1) is 5.41 Å². The lowest BCUT2D eigenvalue weighted by Crippen LogP contribution is -2.57. The third kappa shape index (κ3) is 2.87. The Labute approximate surface area is 155 Å². The monoisotopic (exact) mass is 377 g/mol. The zero-order valence-electron chi connectivity index (χ0n) is 15.1. The number of rotatable bonds is 2. The molecular weight excluding hydrogens is 350 g/mol. The number of sulfone groups is 1. The molecule has 4 fully saturated rings. The van der Waals surface area contributed by atoms with E-state index in [2.05, 4.69) is 20.1 Å². The minimum atomic E-state index is -2.97. The van der Waals surface area contributed by atoms with Gasteiger partial charge >= 0.3 is 0 Å². The highest BCUT2D eigenvalue weighted by atomic mass is 32.2. The number of nitrogens with zero attached hydrogens (tertiary/aromatic N) is 4. The van der Waals surface area contributed by atoms with Crippen LogP contribution in [0.25, 0.3) is 0 Å². The first kappa shape index (κ1) is 16.7. The summed E-state index contributed by atoms with van der Waals surface area (Å²) in [5, 5.41) is 3.36. The van der Waals surface area contributed by atoms with Crippen LogP contribution in [-0.4, -0.2) is 68.2 Å². The maximum atomic E-state index is 12.1. The minimum Gasteiger partial charge on any atom is -0.350 e. The summed E-state index contributed by atoms with van der Waals surface area (Å²) in [6.07, 6.45) is 8.46. The van der Waals surface area contributed by atoms with Gasteiger partial charge in [-0.25, -0.2) is 13.4 Å². The van der Waals surface area contributed by atoms with Crippen molar-refractivity contribution in [3.63, 3.8) is 0 Å². The molecule has 3 saturated heterocycles. The fourth-order valence-electron chi connectivity index (χ4n) is 5.44. The zero-order chi connectivity index (χ0) is 17.8. The van der Waals surface area contributed by atoms with Gasteiger partial charge in [0.2, 0.25) is 5.95 Å². The van der Waals surface area contributed by atoms with Crippen LogP contribution in [0.4, 0.5) is 11.8 Å². The van der Waals surface area contributed by atoms with E-state index < -0.39 is 9.84 Å². The molecule has 0 amide bonds. The first-order valence-electron chi connectivity index (χ1n) is 9.82. The molecule has 142 valence electrons. The molecule has 5 rings (SSSR count). The van der Waals surface area contributed by atoms with Gasteiger partial charge in [-0.05, 0) is 30.7 Å². The summed E-state index contributed by atoms with van der Waals surface area (Å²) < 4.78 is 24.2. The maximum absolute atomic E-state index is 12.1. The predicted molar refractivity (Wildman–Crippen MR) is 101 cm³/mol. The van der Waals surface area contributed by atoms with E-state index in [0.717, 1.165) is 37.9 Å². The third-order valence-corrected chi connectivity index (χ3v) is 8.51. The van der Waals surface area contributed by atoms with E-state index in [-0.39, 0.29) is 23.6 Å². The van der Waals surface area contributed by atoms with Crippen LogP contribution >= 0.6 is 0 Å². The lowest BCUT2D eigenvalue weighted by atomic mass is 9.86. The van der Waals surface area contributed by atoms with E-state index in [1.54, 1.807) is 0 Å². The van der Waals surface area contributed by atoms with E-state index in [0.29, 0.717) is 5.41 Å². The summed E-state index contributed by atoms with van der Waals surface area (Å²) in [5.41, 5.74) is 0.485. The van der Waals surface area contributed by atoms with Crippen LogP contribution in [0.5, 0.6) is 0 Å². The van der Waals surface area contributed by atoms with E-state index >= 15 is 0 Å². The van der Waals surface area contributed by atoms with Gasteiger partial charge < -0.3 is 15.1 Å². The van der Waals surface area contributed by atoms with Crippen LogP contribution in [0.2, 0.25) is 0 Å². The highest BCUT2D eigenvalue weighted by Gasteiger charge is 2.44. The minimum absolute atomic E-state index is 0.0145. The van der Waals surface area contributed by atoms with Crippen molar-refractivity contribution in [3.8, 4) is 0 Å². The topological polar surface area (TPSA) is 78.4 Å². The Hall–Kier alpha value is -1.41. The molecule has 0 radical (unpaired) electrons. The van der Waals surface area contributed by atoms with Crippen molar-refractivity contribution in [3.05, 3.63) is 12.3 Å². The third-order valence-electron chi connectivity index (χ3n) is 6.79. The lowest BCUT2D eigenvalue weighted by Gasteiger charge is -2.38. The molecule has 1 aromatic rings. The van der Waals surface area contributed by atoms with Crippen molar-refractivity contribution in [1.82, 2.24) is 15.3 Å². The highest BCUT2D eigenvalue weighted by molar-refractivity contribution is 7.91. The van der Waals surface area contributed by atoms with Crippen LogP contribution in [-0.2, 0) is 9.84 Å². The van der Waals surface area contributed by atoms with Gasteiger partial charge in [0.15, 0.2) is 9.84 Å². The van der Waals surface area contributed by atoms with Crippen molar-refractivity contribution in [2.75, 3.05) is 47.5 Å². The van der Waals surface area contributed by atoms with Crippen LogP contribution < -0.4 is 15.1 Å². The molecule has 1 aliphatic carbocycles. The summed E-state index contributed by atoms with van der Waals surface area (Å²) in [7, 11) is -2.97. The Morgan fingerprint density at radius 3 is 2.85 bits per heavy atom. The average molecular weight is 378 g/mol. The molecule has 0 unspecified atom stereocenters. The number of aromatic nitrogens is 2. The zero-order valence-corrected chi connectivity index (χ0v) is 15.9. The number of fused-ring (bicyclic) bond motifs is 1. The van der Waals surface area contributed by atoms with Gasteiger partial charge in [0.25, 0.3) is 0 Å². The second kappa shape index (κ2) is 6.05. The number of hydrogen-bond acceptors (Lipinski definition) is 7. The van der Waals surface area contributed by atoms with Gasteiger partial charge in [0, 0.05) is 38.4 Å². The first-order valence-corrected chi connectivity index (χ1v) is 11.6. The fourth-order valence-corrected chi connectivity index (χ4v) is 7.40. The summed E-state index contributed by atoms with van der Waals surface area (Å²) in [6.45, 7) is 3.68. The van der Waals surface area contributed by atoms with Crippen molar-refractivity contribution in [1.29, 1.82) is 0 Å². The molecule has 1 saturated carbocycles. The summed E-state index contributed by atoms with van der Waals surface area (Å²) >= 11 is 0. The second-order valence-electron chi connectivity index (χ2n) is 8.49. The highest BCUT2D eigenvalue weighted by Crippen LogP contribution is 2.46. The summed E-state index contributed by atoms with van der Waals surface area (Å²) in [5.74, 6) is 2.13. The predicted octanol–water partition coefficient (Wildman–Crippen LogP) is 0.822. The molecule has 2 atom stereocenters. The smallest absolute Gasteiger partial charge is 0.227 e. The largest absolute Gasteiger partial charge is 0.350 e. The first-order chi connectivity index (χ1) is 12.5. The molecule has 7 nitrogen and oxygen atoms in total. The van der Waals surface area contributed by atoms with Gasteiger partial charge in [0.1, 0.15) is 5.82 Å². The molecular formula is C18H27N5O2S. The second-order valence-corrected chi connectivity index (χ2v) is 10.6. The van der Waals surface area contributed by atoms with E-state index in [1.807, 2.05) is 12.3 Å². The quantitative estimate of drug-likeness (QED) is 0.817. The summed E-state index contributed by atoms with van der Waals surface area (Å²) in [4.78, 5) is 13.9. The SMILES string of the molecule is O=S1(=O)C[C@@H]2NCCN(c3ccnc(N4CCC5(CCCC5)C4)n3)[C@@H]2C1. The molecule has 0 aromatic carbocycles. The number of nitrogens with one attached hydrogen (secondary N) is 1. The van der Waals surface area contributed by atoms with Gasteiger partial charge in [-0.15, -0.1) is 0 Å². The molecule has 1 aromatic heterocycles.